The van der Waals surface area contributed by atoms with Crippen molar-refractivity contribution >= 4 is 82.8 Å². The zero-order valence-electron chi connectivity index (χ0n) is 36.0. The van der Waals surface area contributed by atoms with E-state index in [1.165, 1.54) is 28.8 Å². The maximum Gasteiger partial charge on any atom is 0.356 e. The van der Waals surface area contributed by atoms with E-state index in [1.807, 2.05) is 0 Å². The van der Waals surface area contributed by atoms with E-state index in [9.17, 15) is 43.2 Å². The molecule has 2 fully saturated rings. The molecule has 0 saturated carbocycles. The van der Waals surface area contributed by atoms with Gasteiger partial charge in [-0.2, -0.15) is 0 Å². The highest BCUT2D eigenvalue weighted by molar-refractivity contribution is 8.00. The topological polar surface area (TPSA) is 271 Å². The molecule has 7 rings (SSSR count). The Balaban J connectivity index is 1.27. The SMILES string of the molecule is CCN1CCN(C(=O)NC(C(=O)N[C@]2(NC=O)C(=O)N3C(C(=O)OC(c4ccccc4)c4ccccc4)=C(C(=S)c4nnnn4C)CS[C@H]32)c2ccc(OC(C)=O)c(OC(C)=O)c2)C(=O)C1=O. The van der Waals surface area contributed by atoms with Crippen LogP contribution in [0, 0.1) is 0 Å². The van der Waals surface area contributed by atoms with Gasteiger partial charge in [-0.1, -0.05) is 78.9 Å². The number of likely N-dealkylation sites (N-methyl/N-ethyl adjacent to an activating group) is 1. The van der Waals surface area contributed by atoms with Gasteiger partial charge in [0.15, 0.2) is 23.4 Å². The number of imide groups is 1. The van der Waals surface area contributed by atoms with E-state index in [4.69, 9.17) is 26.4 Å². The summed E-state index contributed by atoms with van der Waals surface area (Å²) in [7, 11) is 1.52. The van der Waals surface area contributed by atoms with Crippen molar-refractivity contribution in [2.75, 3.05) is 25.4 Å². The van der Waals surface area contributed by atoms with Gasteiger partial charge in [0.2, 0.25) is 18.0 Å². The molecule has 3 atom stereocenters. The van der Waals surface area contributed by atoms with Crippen LogP contribution in [-0.2, 0) is 50.1 Å². The van der Waals surface area contributed by atoms with Gasteiger partial charge in [-0.05, 0) is 46.2 Å². The van der Waals surface area contributed by atoms with Gasteiger partial charge in [-0.3, -0.25) is 43.4 Å². The molecular formula is C43H40N10O12S2. The molecule has 346 valence electrons. The molecule has 3 aromatic carbocycles. The summed E-state index contributed by atoms with van der Waals surface area (Å²) in [5.74, 6) is -7.65. The fourth-order valence-corrected chi connectivity index (χ4v) is 9.38. The number of aryl methyl sites for hydroxylation is 1. The van der Waals surface area contributed by atoms with E-state index in [-0.39, 0.29) is 70.8 Å². The first-order valence-electron chi connectivity index (χ1n) is 20.3. The van der Waals surface area contributed by atoms with E-state index in [0.29, 0.717) is 16.0 Å². The third kappa shape index (κ3) is 9.33. The summed E-state index contributed by atoms with van der Waals surface area (Å²) in [6.07, 6.45) is -0.835. The number of nitrogens with one attached hydrogen (secondary N) is 3. The van der Waals surface area contributed by atoms with Gasteiger partial charge in [0, 0.05) is 51.9 Å². The predicted octanol–water partition coefficient (Wildman–Crippen LogP) is 0.981. The average Bonchev–Trinajstić information content (AvgIpc) is 3.75. The Morgan fingerprint density at radius 2 is 1.54 bits per heavy atom. The number of carbonyl (C=O) groups is 9. The number of carbonyl (C=O) groups excluding carboxylic acids is 9. The summed E-state index contributed by atoms with van der Waals surface area (Å²) in [5.41, 5.74) is -1.50. The van der Waals surface area contributed by atoms with Crippen molar-refractivity contribution in [3.63, 3.8) is 0 Å². The zero-order chi connectivity index (χ0) is 48.2. The van der Waals surface area contributed by atoms with Crippen molar-refractivity contribution in [1.29, 1.82) is 0 Å². The lowest BCUT2D eigenvalue weighted by molar-refractivity contribution is -0.164. The number of aromatic nitrogens is 4. The first kappa shape index (κ1) is 47.1. The second kappa shape index (κ2) is 19.7. The fourth-order valence-electron chi connectivity index (χ4n) is 7.52. The Kier molecular flexibility index (Phi) is 13.9. The van der Waals surface area contributed by atoms with Crippen molar-refractivity contribution in [1.82, 2.24) is 50.9 Å². The lowest BCUT2D eigenvalue weighted by Crippen LogP contribution is -2.85. The molecule has 0 aliphatic carbocycles. The lowest BCUT2D eigenvalue weighted by atomic mass is 9.93. The van der Waals surface area contributed by atoms with E-state index < -0.39 is 70.8 Å². The van der Waals surface area contributed by atoms with E-state index in [1.54, 1.807) is 67.6 Å². The average molecular weight is 953 g/mol. The van der Waals surface area contributed by atoms with E-state index in [0.717, 1.165) is 36.6 Å². The minimum atomic E-state index is -2.33. The van der Waals surface area contributed by atoms with Gasteiger partial charge in [-0.15, -0.1) is 16.9 Å². The van der Waals surface area contributed by atoms with Crippen molar-refractivity contribution in [3.8, 4) is 11.5 Å². The van der Waals surface area contributed by atoms with Crippen LogP contribution >= 0.6 is 24.0 Å². The third-order valence-electron chi connectivity index (χ3n) is 10.7. The molecule has 1 aromatic heterocycles. The third-order valence-corrected chi connectivity index (χ3v) is 12.4. The Hall–Kier alpha value is -7.86. The molecule has 4 aromatic rings. The Bertz CT molecular complexity index is 2700. The molecular weight excluding hydrogens is 913 g/mol. The van der Waals surface area contributed by atoms with Crippen molar-refractivity contribution in [3.05, 3.63) is 113 Å². The number of urea groups is 1. The number of fused-ring (bicyclic) bond motifs is 1. The first-order valence-corrected chi connectivity index (χ1v) is 21.8. The monoisotopic (exact) mass is 952 g/mol. The van der Waals surface area contributed by atoms with Gasteiger partial charge < -0.3 is 35.1 Å². The highest BCUT2D eigenvalue weighted by Gasteiger charge is 2.67. The molecule has 0 radical (unpaired) electrons. The maximum absolute atomic E-state index is 14.9. The zero-order valence-corrected chi connectivity index (χ0v) is 37.6. The van der Waals surface area contributed by atoms with Gasteiger partial charge >= 0.3 is 35.8 Å². The number of benzene rings is 3. The summed E-state index contributed by atoms with van der Waals surface area (Å²) in [6.45, 7) is 3.73. The molecule has 2 saturated heterocycles. The van der Waals surface area contributed by atoms with Crippen LogP contribution in [0.2, 0.25) is 0 Å². The number of piperazine rings is 1. The van der Waals surface area contributed by atoms with Crippen molar-refractivity contribution < 1.29 is 57.4 Å². The minimum Gasteiger partial charge on any atom is -0.448 e. The maximum atomic E-state index is 14.9. The summed E-state index contributed by atoms with van der Waals surface area (Å²) in [6, 6.07) is 18.1. The van der Waals surface area contributed by atoms with Crippen molar-refractivity contribution in [2.24, 2.45) is 7.05 Å². The first-order chi connectivity index (χ1) is 32.1. The summed E-state index contributed by atoms with van der Waals surface area (Å²) in [4.78, 5) is 123. The van der Waals surface area contributed by atoms with E-state index in [2.05, 4.69) is 31.5 Å². The largest absolute Gasteiger partial charge is 0.448 e. The Morgan fingerprint density at radius 3 is 2.12 bits per heavy atom. The van der Waals surface area contributed by atoms with Crippen molar-refractivity contribution in [2.45, 2.75) is 44.0 Å². The Morgan fingerprint density at radius 1 is 0.896 bits per heavy atom. The van der Waals surface area contributed by atoms with Gasteiger partial charge in [0.25, 0.3) is 5.91 Å². The van der Waals surface area contributed by atoms with Crippen LogP contribution in [0.3, 0.4) is 0 Å². The molecule has 1 unspecified atom stereocenters. The van der Waals surface area contributed by atoms with Crippen LogP contribution in [-0.4, -0.2) is 130 Å². The number of thioether (sulfide) groups is 1. The summed E-state index contributed by atoms with van der Waals surface area (Å²) >= 11 is 6.81. The van der Waals surface area contributed by atoms with Crippen LogP contribution < -0.4 is 25.4 Å². The number of hydrogen-bond acceptors (Lipinski definition) is 17. The highest BCUT2D eigenvalue weighted by atomic mass is 32.2. The van der Waals surface area contributed by atoms with Gasteiger partial charge in [0.05, 0.1) is 4.86 Å². The van der Waals surface area contributed by atoms with Crippen LogP contribution in [0.1, 0.15) is 55.4 Å². The Labute approximate surface area is 390 Å². The fraction of sp³-hybridized carbons (Fsp3) is 0.279. The molecule has 24 heteroatoms. The molecule has 67 heavy (non-hydrogen) atoms. The standard InChI is InChI=1S/C43H40N10O12S2/c1-5-51-18-19-52(38(59)37(51)58)42(62)45-31(27-16-17-29(63-23(2)55)30(20-27)64-24(3)56)36(57)46-43(44-22-54)40(61)53-32(28(21-67-41(43)53)34(66)35-47-48-49-50(35)4)39(60)65-33(25-12-8-6-9-13-25)26-14-10-7-11-15-26/h6-17,20,22,31,33,41H,5,18-19,21H2,1-4H3,(H,44,54)(H,45,62)(H,46,57)/t31?,41-,43+/m0/s1. The molecule has 3 N–H and O–H groups in total. The smallest absolute Gasteiger partial charge is 0.356 e. The number of esters is 3. The molecule has 22 nitrogen and oxygen atoms in total. The molecule has 0 bridgehead atoms. The summed E-state index contributed by atoms with van der Waals surface area (Å²) < 4.78 is 17.9. The number of tetrazole rings is 1. The quantitative estimate of drug-likeness (QED) is 0.0219. The second-order valence-corrected chi connectivity index (χ2v) is 16.4. The number of amides is 7. The number of hydrogen-bond donors (Lipinski definition) is 3. The van der Waals surface area contributed by atoms with Crippen LogP contribution in [0.4, 0.5) is 4.79 Å². The number of rotatable bonds is 15. The number of thiocarbonyl (C=S) groups is 1. The molecule has 0 spiro atoms. The van der Waals surface area contributed by atoms with E-state index >= 15 is 0 Å². The number of nitrogens with zero attached hydrogens (tertiary/aromatic N) is 7. The highest BCUT2D eigenvalue weighted by Crippen LogP contribution is 2.47. The lowest BCUT2D eigenvalue weighted by Gasteiger charge is -2.56. The normalized spacial score (nSPS) is 18.3. The molecule has 3 aliphatic rings. The minimum absolute atomic E-state index is 0.00425. The molecule has 3 aliphatic heterocycles. The number of ether oxygens (including phenoxy) is 3. The van der Waals surface area contributed by atoms with Crippen LogP contribution in [0.5, 0.6) is 11.5 Å². The predicted molar refractivity (Wildman–Crippen MR) is 236 cm³/mol. The van der Waals surface area contributed by atoms with Gasteiger partial charge in [-0.25, -0.2) is 14.3 Å². The number of β-lactam (4-membered cyclic amide) rings is 1. The molecule has 7 amide bonds. The van der Waals surface area contributed by atoms with Crippen LogP contribution in [0.25, 0.3) is 0 Å². The van der Waals surface area contributed by atoms with Crippen LogP contribution in [0.15, 0.2) is 90.1 Å². The van der Waals surface area contributed by atoms with Gasteiger partial charge in [0.1, 0.15) is 17.1 Å². The second-order valence-electron chi connectivity index (χ2n) is 14.9. The summed E-state index contributed by atoms with van der Waals surface area (Å²) in [5, 5.41) is 17.6. The molecule has 4 heterocycles.